The van der Waals surface area contributed by atoms with Crippen molar-refractivity contribution in [2.75, 3.05) is 13.7 Å². The monoisotopic (exact) mass is 223 g/mol. The quantitative estimate of drug-likeness (QED) is 0.834. The lowest BCUT2D eigenvalue weighted by molar-refractivity contribution is 0.265. The summed E-state index contributed by atoms with van der Waals surface area (Å²) in [7, 11) is 1.65. The highest BCUT2D eigenvalue weighted by molar-refractivity contribution is 5.46. The normalized spacial score (nSPS) is 12.6. The highest BCUT2D eigenvalue weighted by Crippen LogP contribution is 2.32. The lowest BCUT2D eigenvalue weighted by Gasteiger charge is -2.18. The van der Waals surface area contributed by atoms with Gasteiger partial charge in [0.2, 0.25) is 0 Å². The van der Waals surface area contributed by atoms with Crippen molar-refractivity contribution in [3.05, 3.63) is 23.8 Å². The van der Waals surface area contributed by atoms with E-state index in [1.807, 2.05) is 25.1 Å². The second-order valence-electron chi connectivity index (χ2n) is 4.37. The van der Waals surface area contributed by atoms with Gasteiger partial charge in [0.25, 0.3) is 0 Å². The van der Waals surface area contributed by atoms with E-state index >= 15 is 0 Å². The Kier molecular flexibility index (Phi) is 4.62. The Morgan fingerprint density at radius 3 is 2.31 bits per heavy atom. The van der Waals surface area contributed by atoms with Crippen LogP contribution in [0.3, 0.4) is 0 Å². The van der Waals surface area contributed by atoms with Crippen molar-refractivity contribution < 1.29 is 9.47 Å². The molecule has 0 saturated heterocycles. The molecule has 0 radical (unpaired) electrons. The molecule has 3 nitrogen and oxygen atoms in total. The van der Waals surface area contributed by atoms with E-state index in [2.05, 4.69) is 13.8 Å². The molecule has 3 heteroatoms. The average Bonchev–Trinajstić information content (AvgIpc) is 2.25. The van der Waals surface area contributed by atoms with E-state index in [-0.39, 0.29) is 6.04 Å². The predicted molar refractivity (Wildman–Crippen MR) is 65.9 cm³/mol. The molecule has 0 saturated carbocycles. The van der Waals surface area contributed by atoms with E-state index in [4.69, 9.17) is 15.2 Å². The molecule has 1 atom stereocenters. The van der Waals surface area contributed by atoms with Crippen LogP contribution in [-0.2, 0) is 0 Å². The minimum atomic E-state index is -0.0988. The molecule has 90 valence electrons. The van der Waals surface area contributed by atoms with E-state index in [0.717, 1.165) is 17.1 Å². The molecule has 1 aromatic carbocycles. The SMILES string of the molecule is COc1cccc(OCC(C)C)c1[C@@H](C)N. The fourth-order valence-electron chi connectivity index (χ4n) is 1.53. The number of nitrogens with two attached hydrogens (primary N) is 1. The van der Waals surface area contributed by atoms with Gasteiger partial charge in [-0.25, -0.2) is 0 Å². The Balaban J connectivity index is 2.97. The molecule has 0 aromatic heterocycles. The van der Waals surface area contributed by atoms with Gasteiger partial charge in [0.1, 0.15) is 11.5 Å². The first-order valence-corrected chi connectivity index (χ1v) is 5.61. The third kappa shape index (κ3) is 3.14. The summed E-state index contributed by atoms with van der Waals surface area (Å²) in [4.78, 5) is 0. The number of benzene rings is 1. The van der Waals surface area contributed by atoms with Crippen LogP contribution < -0.4 is 15.2 Å². The van der Waals surface area contributed by atoms with Crippen LogP contribution >= 0.6 is 0 Å². The Morgan fingerprint density at radius 2 is 1.81 bits per heavy atom. The standard InChI is InChI=1S/C13H21NO2/c1-9(2)8-16-12-7-5-6-11(15-4)13(12)10(3)14/h5-7,9-10H,8,14H2,1-4H3/t10-/m1/s1. The Bertz CT molecular complexity index is 335. The van der Waals surface area contributed by atoms with Gasteiger partial charge in [-0.1, -0.05) is 19.9 Å². The number of hydrogen-bond acceptors (Lipinski definition) is 3. The molecule has 16 heavy (non-hydrogen) atoms. The maximum absolute atomic E-state index is 5.94. The van der Waals surface area contributed by atoms with Crippen LogP contribution in [0.25, 0.3) is 0 Å². The van der Waals surface area contributed by atoms with Gasteiger partial charge >= 0.3 is 0 Å². The van der Waals surface area contributed by atoms with Crippen LogP contribution in [0.1, 0.15) is 32.4 Å². The van der Waals surface area contributed by atoms with Crippen molar-refractivity contribution in [2.45, 2.75) is 26.8 Å². The molecule has 0 aliphatic carbocycles. The van der Waals surface area contributed by atoms with Crippen LogP contribution in [0.5, 0.6) is 11.5 Å². The summed E-state index contributed by atoms with van der Waals surface area (Å²) in [5.74, 6) is 2.10. The molecular formula is C13H21NO2. The van der Waals surface area contributed by atoms with Gasteiger partial charge in [0.15, 0.2) is 0 Å². The molecule has 1 rings (SSSR count). The number of methoxy groups -OCH3 is 1. The summed E-state index contributed by atoms with van der Waals surface area (Å²) in [5.41, 5.74) is 6.87. The zero-order valence-corrected chi connectivity index (χ0v) is 10.5. The summed E-state index contributed by atoms with van der Waals surface area (Å²) in [6.45, 7) is 6.85. The van der Waals surface area contributed by atoms with Crippen LogP contribution in [0.2, 0.25) is 0 Å². The van der Waals surface area contributed by atoms with E-state index in [1.165, 1.54) is 0 Å². The molecule has 0 spiro atoms. The van der Waals surface area contributed by atoms with Gasteiger partial charge in [0, 0.05) is 6.04 Å². The molecule has 1 aromatic rings. The summed E-state index contributed by atoms with van der Waals surface area (Å²) < 4.78 is 11.0. The van der Waals surface area contributed by atoms with Crippen LogP contribution in [0, 0.1) is 5.92 Å². The molecule has 0 unspecified atom stereocenters. The Hall–Kier alpha value is -1.22. The summed E-state index contributed by atoms with van der Waals surface area (Å²) in [6, 6.07) is 5.66. The van der Waals surface area contributed by atoms with Crippen LogP contribution in [0.15, 0.2) is 18.2 Å². The van der Waals surface area contributed by atoms with E-state index in [1.54, 1.807) is 7.11 Å². The van der Waals surface area contributed by atoms with E-state index < -0.39 is 0 Å². The third-order valence-electron chi connectivity index (χ3n) is 2.27. The maximum Gasteiger partial charge on any atom is 0.127 e. The van der Waals surface area contributed by atoms with Crippen molar-refractivity contribution >= 4 is 0 Å². The van der Waals surface area contributed by atoms with Gasteiger partial charge in [0.05, 0.1) is 19.3 Å². The molecular weight excluding hydrogens is 202 g/mol. The van der Waals surface area contributed by atoms with E-state index in [0.29, 0.717) is 12.5 Å². The molecule has 2 N–H and O–H groups in total. The zero-order chi connectivity index (χ0) is 12.1. The molecule has 0 bridgehead atoms. The number of hydrogen-bond donors (Lipinski definition) is 1. The fraction of sp³-hybridized carbons (Fsp3) is 0.538. The van der Waals surface area contributed by atoms with Crippen LogP contribution in [0.4, 0.5) is 0 Å². The summed E-state index contributed by atoms with van der Waals surface area (Å²) >= 11 is 0. The molecule has 0 aliphatic rings. The third-order valence-corrected chi connectivity index (χ3v) is 2.27. The minimum absolute atomic E-state index is 0.0988. The Morgan fingerprint density at radius 1 is 1.19 bits per heavy atom. The number of ether oxygens (including phenoxy) is 2. The van der Waals surface area contributed by atoms with Crippen molar-refractivity contribution in [1.29, 1.82) is 0 Å². The van der Waals surface area contributed by atoms with Crippen molar-refractivity contribution in [3.63, 3.8) is 0 Å². The first-order valence-electron chi connectivity index (χ1n) is 5.61. The van der Waals surface area contributed by atoms with Gasteiger partial charge in [-0.15, -0.1) is 0 Å². The molecule has 0 heterocycles. The first kappa shape index (κ1) is 12.8. The lowest BCUT2D eigenvalue weighted by atomic mass is 10.1. The minimum Gasteiger partial charge on any atom is -0.496 e. The lowest BCUT2D eigenvalue weighted by Crippen LogP contribution is -2.12. The Labute approximate surface area is 97.6 Å². The fourth-order valence-corrected chi connectivity index (χ4v) is 1.53. The van der Waals surface area contributed by atoms with Gasteiger partial charge in [-0.05, 0) is 25.0 Å². The van der Waals surface area contributed by atoms with Gasteiger partial charge in [-0.2, -0.15) is 0 Å². The first-order chi connectivity index (χ1) is 7.56. The highest BCUT2D eigenvalue weighted by Gasteiger charge is 2.14. The van der Waals surface area contributed by atoms with Crippen molar-refractivity contribution in [1.82, 2.24) is 0 Å². The van der Waals surface area contributed by atoms with Gasteiger partial charge < -0.3 is 15.2 Å². The topological polar surface area (TPSA) is 44.5 Å². The number of rotatable bonds is 5. The predicted octanol–water partition coefficient (Wildman–Crippen LogP) is 2.75. The van der Waals surface area contributed by atoms with Crippen molar-refractivity contribution in [3.8, 4) is 11.5 Å². The molecule has 0 aliphatic heterocycles. The summed E-state index contributed by atoms with van der Waals surface area (Å²) in [6.07, 6.45) is 0. The largest absolute Gasteiger partial charge is 0.496 e. The highest BCUT2D eigenvalue weighted by atomic mass is 16.5. The summed E-state index contributed by atoms with van der Waals surface area (Å²) in [5, 5.41) is 0. The zero-order valence-electron chi connectivity index (χ0n) is 10.5. The maximum atomic E-state index is 5.94. The molecule has 0 amide bonds. The average molecular weight is 223 g/mol. The van der Waals surface area contributed by atoms with E-state index in [9.17, 15) is 0 Å². The smallest absolute Gasteiger partial charge is 0.127 e. The molecule has 0 fully saturated rings. The van der Waals surface area contributed by atoms with Crippen LogP contribution in [-0.4, -0.2) is 13.7 Å². The second kappa shape index (κ2) is 5.75. The van der Waals surface area contributed by atoms with Crippen molar-refractivity contribution in [2.24, 2.45) is 11.7 Å². The van der Waals surface area contributed by atoms with Gasteiger partial charge in [-0.3, -0.25) is 0 Å². The second-order valence-corrected chi connectivity index (χ2v) is 4.37.